The van der Waals surface area contributed by atoms with Crippen molar-refractivity contribution >= 4 is 45.8 Å². The molecule has 0 unspecified atom stereocenters. The summed E-state index contributed by atoms with van der Waals surface area (Å²) >= 11 is 0. The van der Waals surface area contributed by atoms with Crippen molar-refractivity contribution in [3.8, 4) is 11.5 Å². The molecule has 0 saturated heterocycles. The molecule has 6 heteroatoms. The van der Waals surface area contributed by atoms with Gasteiger partial charge >= 0.3 is 0 Å². The summed E-state index contributed by atoms with van der Waals surface area (Å²) in [6.07, 6.45) is 5.83. The van der Waals surface area contributed by atoms with Gasteiger partial charge in [-0.05, 0) is 77.9 Å². The van der Waals surface area contributed by atoms with Crippen LogP contribution < -0.4 is 15.4 Å². The first kappa shape index (κ1) is 25.8. The van der Waals surface area contributed by atoms with Gasteiger partial charge in [0.2, 0.25) is 0 Å². The fourth-order valence-corrected chi connectivity index (χ4v) is 4.73. The number of hydrogen-bond acceptors (Lipinski definition) is 5. The molecule has 0 aliphatic heterocycles. The van der Waals surface area contributed by atoms with Gasteiger partial charge in [0, 0.05) is 43.0 Å². The Morgan fingerprint density at radius 3 is 1.93 bits per heavy atom. The van der Waals surface area contributed by atoms with Crippen molar-refractivity contribution in [3.63, 3.8) is 0 Å². The van der Waals surface area contributed by atoms with E-state index in [1.54, 1.807) is 6.20 Å². The molecule has 0 saturated carbocycles. The summed E-state index contributed by atoms with van der Waals surface area (Å²) < 4.78 is 0. The topological polar surface area (TPSA) is 65.1 Å². The molecule has 1 N–H and O–H groups in total. The normalized spacial score (nSPS) is 11.2. The summed E-state index contributed by atoms with van der Waals surface area (Å²) in [6, 6.07) is 38.7. The molecule has 0 spiro atoms. The van der Waals surface area contributed by atoms with E-state index in [1.807, 2.05) is 67.5 Å². The number of aromatic nitrogens is 3. The second kappa shape index (κ2) is 11.3. The molecule has 0 aliphatic carbocycles. The van der Waals surface area contributed by atoms with Crippen LogP contribution in [0.3, 0.4) is 0 Å². The molecule has 200 valence electrons. The number of anilines is 4. The molecule has 6 rings (SSSR count). The number of pyridine rings is 1. The van der Waals surface area contributed by atoms with Crippen molar-refractivity contribution in [2.45, 2.75) is 0 Å². The third-order valence-corrected chi connectivity index (χ3v) is 6.88. The van der Waals surface area contributed by atoms with Crippen LogP contribution in [0.1, 0.15) is 11.1 Å². The average Bonchev–Trinajstić information content (AvgIpc) is 3.02. The number of para-hydroxylation sites is 2. The number of fused-ring (bicyclic) bond motifs is 1. The third kappa shape index (κ3) is 5.63. The van der Waals surface area contributed by atoms with Crippen LogP contribution in [0.25, 0.3) is 34.6 Å². The minimum atomic E-state index is -0.184. The highest BCUT2D eigenvalue weighted by Crippen LogP contribution is 2.34. The van der Waals surface area contributed by atoms with Crippen LogP contribution in [0.5, 0.6) is 0 Å². The van der Waals surface area contributed by atoms with Gasteiger partial charge in [-0.15, -0.1) is 0 Å². The highest BCUT2D eigenvalue weighted by molar-refractivity contribution is 5.83. The van der Waals surface area contributed by atoms with Crippen LogP contribution in [0.15, 0.2) is 126 Å². The number of rotatable bonds is 7. The molecule has 6 nitrogen and oxygen atoms in total. The molecule has 0 fully saturated rings. The first-order valence-corrected chi connectivity index (χ1v) is 13.4. The number of benzene rings is 4. The molecule has 41 heavy (non-hydrogen) atoms. The molecule has 2 aromatic heterocycles. The fourth-order valence-electron chi connectivity index (χ4n) is 4.73. The molecule has 6 aromatic rings. The van der Waals surface area contributed by atoms with E-state index in [0.29, 0.717) is 22.4 Å². The lowest BCUT2D eigenvalue weighted by Crippen LogP contribution is -2.13. The van der Waals surface area contributed by atoms with Crippen LogP contribution in [0, 0.1) is 0 Å². The van der Waals surface area contributed by atoms with E-state index in [1.165, 1.54) is 0 Å². The maximum absolute atomic E-state index is 12.8. The minimum Gasteiger partial charge on any atom is -0.378 e. The van der Waals surface area contributed by atoms with Crippen molar-refractivity contribution in [2.75, 3.05) is 23.9 Å². The Balaban J connectivity index is 1.25. The lowest BCUT2D eigenvalue weighted by atomic mass is 10.1. The molecule has 0 amide bonds. The van der Waals surface area contributed by atoms with Gasteiger partial charge in [-0.1, -0.05) is 60.7 Å². The second-order valence-corrected chi connectivity index (χ2v) is 9.92. The third-order valence-electron chi connectivity index (χ3n) is 6.88. The van der Waals surface area contributed by atoms with E-state index < -0.39 is 0 Å². The van der Waals surface area contributed by atoms with E-state index >= 15 is 0 Å². The molecule has 0 bridgehead atoms. The van der Waals surface area contributed by atoms with Gasteiger partial charge in [0.05, 0.1) is 10.9 Å². The Hall–Kier alpha value is -5.49. The zero-order chi connectivity index (χ0) is 28.2. The Bertz CT molecular complexity index is 1840. The van der Waals surface area contributed by atoms with Crippen molar-refractivity contribution in [1.82, 2.24) is 15.0 Å². The molecule has 2 heterocycles. The molecular formula is C35H29N5O. The van der Waals surface area contributed by atoms with E-state index in [2.05, 4.69) is 98.7 Å². The highest BCUT2D eigenvalue weighted by Gasteiger charge is 2.12. The standard InChI is InChI=1S/C35H29N5O/c1-39(2)30-19-20-32-31(24-30)35(41)38-34(37-32)33-23-26(21-22-36-33)14-13-25-15-17-29(18-16-25)40(27-9-5-3-6-10-27)28-11-7-4-8-12-28/h3-24H,1-2H3,(H,37,38,41)/b14-13+. The Labute approximate surface area is 238 Å². The van der Waals surface area contributed by atoms with Crippen molar-refractivity contribution in [3.05, 3.63) is 143 Å². The van der Waals surface area contributed by atoms with Gasteiger partial charge in [0.25, 0.3) is 5.56 Å². The minimum absolute atomic E-state index is 0.184. The summed E-state index contributed by atoms with van der Waals surface area (Å²) in [6.45, 7) is 0. The van der Waals surface area contributed by atoms with Crippen LogP contribution in [0.4, 0.5) is 22.7 Å². The van der Waals surface area contributed by atoms with E-state index in [4.69, 9.17) is 0 Å². The zero-order valence-corrected chi connectivity index (χ0v) is 22.9. The SMILES string of the molecule is CN(C)c1ccc2nc(-c3cc(/C=C/c4ccc(N(c5ccccc5)c5ccccc5)cc4)ccn3)[nH]c(=O)c2c1. The van der Waals surface area contributed by atoms with Gasteiger partial charge < -0.3 is 14.8 Å². The van der Waals surface area contributed by atoms with Gasteiger partial charge in [-0.25, -0.2) is 4.98 Å². The fraction of sp³-hybridized carbons (Fsp3) is 0.0571. The first-order valence-electron chi connectivity index (χ1n) is 13.4. The number of aromatic amines is 1. The zero-order valence-electron chi connectivity index (χ0n) is 22.9. The lowest BCUT2D eigenvalue weighted by molar-refractivity contribution is 1.12. The number of nitrogens with one attached hydrogen (secondary N) is 1. The Kier molecular flexibility index (Phi) is 7.11. The van der Waals surface area contributed by atoms with Crippen LogP contribution in [-0.4, -0.2) is 29.0 Å². The van der Waals surface area contributed by atoms with Crippen molar-refractivity contribution < 1.29 is 0 Å². The van der Waals surface area contributed by atoms with Crippen LogP contribution >= 0.6 is 0 Å². The largest absolute Gasteiger partial charge is 0.378 e. The number of hydrogen-bond donors (Lipinski definition) is 1. The molecular weight excluding hydrogens is 506 g/mol. The maximum Gasteiger partial charge on any atom is 0.259 e. The first-order chi connectivity index (χ1) is 20.0. The summed E-state index contributed by atoms with van der Waals surface area (Å²) in [5.41, 5.74) is 7.32. The number of nitrogens with zero attached hydrogens (tertiary/aromatic N) is 4. The maximum atomic E-state index is 12.8. The predicted octanol–water partition coefficient (Wildman–Crippen LogP) is 7.69. The molecule has 0 aliphatic rings. The molecule has 4 aromatic carbocycles. The Morgan fingerprint density at radius 2 is 1.27 bits per heavy atom. The summed E-state index contributed by atoms with van der Waals surface area (Å²) in [5.74, 6) is 0.446. The van der Waals surface area contributed by atoms with Gasteiger partial charge in [-0.3, -0.25) is 9.78 Å². The van der Waals surface area contributed by atoms with E-state index in [9.17, 15) is 4.79 Å². The summed E-state index contributed by atoms with van der Waals surface area (Å²) in [7, 11) is 3.89. The van der Waals surface area contributed by atoms with Gasteiger partial charge in [-0.2, -0.15) is 0 Å². The van der Waals surface area contributed by atoms with Crippen LogP contribution in [0.2, 0.25) is 0 Å². The second-order valence-electron chi connectivity index (χ2n) is 9.92. The van der Waals surface area contributed by atoms with Gasteiger partial charge in [0.1, 0.15) is 5.69 Å². The van der Waals surface area contributed by atoms with Crippen molar-refractivity contribution in [1.29, 1.82) is 0 Å². The summed E-state index contributed by atoms with van der Waals surface area (Å²) in [4.78, 5) is 29.1. The lowest BCUT2D eigenvalue weighted by Gasteiger charge is -2.25. The Morgan fingerprint density at radius 1 is 0.659 bits per heavy atom. The average molecular weight is 536 g/mol. The van der Waals surface area contributed by atoms with Crippen LogP contribution in [-0.2, 0) is 0 Å². The highest BCUT2D eigenvalue weighted by atomic mass is 16.1. The molecule has 0 atom stereocenters. The van der Waals surface area contributed by atoms with E-state index in [0.717, 1.165) is 33.9 Å². The van der Waals surface area contributed by atoms with E-state index in [-0.39, 0.29) is 5.56 Å². The van der Waals surface area contributed by atoms with Crippen molar-refractivity contribution in [2.24, 2.45) is 0 Å². The van der Waals surface area contributed by atoms with Gasteiger partial charge in [0.15, 0.2) is 5.82 Å². The monoisotopic (exact) mass is 535 g/mol. The predicted molar refractivity (Wildman–Crippen MR) is 170 cm³/mol. The quantitative estimate of drug-likeness (QED) is 0.227. The number of H-pyrrole nitrogens is 1. The smallest absolute Gasteiger partial charge is 0.259 e. The summed E-state index contributed by atoms with van der Waals surface area (Å²) in [5, 5.41) is 0.553. The molecule has 0 radical (unpaired) electrons.